The lowest BCUT2D eigenvalue weighted by molar-refractivity contribution is 0.205. The predicted molar refractivity (Wildman–Crippen MR) is 79.6 cm³/mol. The van der Waals surface area contributed by atoms with Crippen molar-refractivity contribution in [2.75, 3.05) is 25.1 Å². The quantitative estimate of drug-likeness (QED) is 0.829. The molecule has 0 aliphatic carbocycles. The topological polar surface area (TPSA) is 73.3 Å². The van der Waals surface area contributed by atoms with Crippen LogP contribution in [-0.2, 0) is 0 Å². The Labute approximate surface area is 130 Å². The van der Waals surface area contributed by atoms with Crippen molar-refractivity contribution in [3.8, 4) is 11.8 Å². The van der Waals surface area contributed by atoms with Gasteiger partial charge in [0.05, 0.1) is 30.5 Å². The third kappa shape index (κ3) is 3.38. The van der Waals surface area contributed by atoms with E-state index in [1.54, 1.807) is 31.9 Å². The number of hydrogen-bond acceptors (Lipinski definition) is 7. The van der Waals surface area contributed by atoms with Gasteiger partial charge in [-0.2, -0.15) is 9.97 Å². The molecular formula is C13H14BrN5O2. The number of aromatic nitrogens is 4. The van der Waals surface area contributed by atoms with Crippen LogP contribution in [0.1, 0.15) is 6.42 Å². The molecule has 1 aliphatic heterocycles. The Bertz CT molecular complexity index is 593. The molecular weight excluding hydrogens is 338 g/mol. The van der Waals surface area contributed by atoms with Crippen molar-refractivity contribution in [3.63, 3.8) is 0 Å². The van der Waals surface area contributed by atoms with Crippen molar-refractivity contribution >= 4 is 21.9 Å². The summed E-state index contributed by atoms with van der Waals surface area (Å²) in [5, 5.41) is 0. The number of nitrogens with zero attached hydrogens (tertiary/aromatic N) is 5. The number of methoxy groups -OCH3 is 1. The third-order valence-electron chi connectivity index (χ3n) is 3.15. The van der Waals surface area contributed by atoms with Crippen LogP contribution < -0.4 is 14.4 Å². The van der Waals surface area contributed by atoms with E-state index >= 15 is 0 Å². The fourth-order valence-corrected chi connectivity index (χ4v) is 2.30. The summed E-state index contributed by atoms with van der Waals surface area (Å²) in [5.74, 6) is 1.32. The van der Waals surface area contributed by atoms with Crippen LogP contribution in [0.3, 0.4) is 0 Å². The highest BCUT2D eigenvalue weighted by molar-refractivity contribution is 9.10. The van der Waals surface area contributed by atoms with Gasteiger partial charge in [0.25, 0.3) is 0 Å². The van der Waals surface area contributed by atoms with Crippen LogP contribution in [0.5, 0.6) is 11.8 Å². The van der Waals surface area contributed by atoms with Gasteiger partial charge in [0, 0.05) is 25.4 Å². The second-order valence-corrected chi connectivity index (χ2v) is 5.50. The maximum Gasteiger partial charge on any atom is 0.316 e. The molecule has 7 nitrogen and oxygen atoms in total. The van der Waals surface area contributed by atoms with Gasteiger partial charge in [0.1, 0.15) is 6.10 Å². The number of halogens is 1. The van der Waals surface area contributed by atoms with E-state index in [9.17, 15) is 0 Å². The minimum Gasteiger partial charge on any atom is -0.494 e. The van der Waals surface area contributed by atoms with E-state index in [4.69, 9.17) is 9.47 Å². The van der Waals surface area contributed by atoms with Gasteiger partial charge in [-0.1, -0.05) is 0 Å². The lowest BCUT2D eigenvalue weighted by atomic mass is 10.3. The molecule has 8 heteroatoms. The molecule has 1 saturated heterocycles. The fourth-order valence-electron chi connectivity index (χ4n) is 2.09. The van der Waals surface area contributed by atoms with Gasteiger partial charge in [-0.15, -0.1) is 0 Å². The summed E-state index contributed by atoms with van der Waals surface area (Å²) in [6, 6.07) is 0.361. The molecule has 1 aliphatic rings. The van der Waals surface area contributed by atoms with Crippen LogP contribution in [0.2, 0.25) is 0 Å². The van der Waals surface area contributed by atoms with Crippen molar-refractivity contribution in [1.82, 2.24) is 19.9 Å². The Morgan fingerprint density at radius 1 is 1.14 bits per heavy atom. The Balaban J connectivity index is 1.60. The largest absolute Gasteiger partial charge is 0.494 e. The zero-order valence-electron chi connectivity index (χ0n) is 11.4. The molecule has 21 heavy (non-hydrogen) atoms. The average molecular weight is 352 g/mol. The van der Waals surface area contributed by atoms with Gasteiger partial charge < -0.3 is 14.4 Å². The van der Waals surface area contributed by atoms with Crippen LogP contribution in [0, 0.1) is 0 Å². The van der Waals surface area contributed by atoms with Gasteiger partial charge in [0.2, 0.25) is 5.95 Å². The van der Waals surface area contributed by atoms with Gasteiger partial charge in [0.15, 0.2) is 5.75 Å². The summed E-state index contributed by atoms with van der Waals surface area (Å²) < 4.78 is 11.6. The molecule has 0 N–H and O–H groups in total. The minimum absolute atomic E-state index is 0.0330. The number of rotatable bonds is 4. The predicted octanol–water partition coefficient (Wildman–Crippen LogP) is 1.70. The Morgan fingerprint density at radius 3 is 2.52 bits per heavy atom. The van der Waals surface area contributed by atoms with Crippen LogP contribution in [0.25, 0.3) is 0 Å². The van der Waals surface area contributed by atoms with E-state index < -0.39 is 0 Å². The SMILES string of the molecule is COc1cnc(OC2CCN(c3ncc(Br)cn3)C2)nc1. The molecule has 0 amide bonds. The average Bonchev–Trinajstić information content (AvgIpc) is 2.97. The van der Waals surface area contributed by atoms with Crippen LogP contribution in [-0.4, -0.2) is 46.2 Å². The summed E-state index contributed by atoms with van der Waals surface area (Å²) in [5.41, 5.74) is 0. The van der Waals surface area contributed by atoms with Gasteiger partial charge in [-0.3, -0.25) is 0 Å². The van der Waals surface area contributed by atoms with E-state index in [1.165, 1.54) is 0 Å². The molecule has 1 atom stereocenters. The fraction of sp³-hybridized carbons (Fsp3) is 0.385. The van der Waals surface area contributed by atoms with Gasteiger partial charge in [-0.25, -0.2) is 9.97 Å². The zero-order chi connectivity index (χ0) is 14.7. The molecule has 110 valence electrons. The van der Waals surface area contributed by atoms with Crippen LogP contribution >= 0.6 is 15.9 Å². The van der Waals surface area contributed by atoms with E-state index in [0.29, 0.717) is 17.7 Å². The number of anilines is 1. The number of hydrogen-bond donors (Lipinski definition) is 0. The first-order chi connectivity index (χ1) is 10.2. The highest BCUT2D eigenvalue weighted by Gasteiger charge is 2.26. The standard InChI is InChI=1S/C13H14BrN5O2/c1-20-11-6-17-13(18-7-11)21-10-2-3-19(8-10)12-15-4-9(14)5-16-12/h4-7,10H,2-3,8H2,1H3. The summed E-state index contributed by atoms with van der Waals surface area (Å²) in [7, 11) is 1.58. The maximum absolute atomic E-state index is 5.77. The molecule has 1 fully saturated rings. The number of ether oxygens (including phenoxy) is 2. The molecule has 0 bridgehead atoms. The second-order valence-electron chi connectivity index (χ2n) is 4.58. The van der Waals surface area contributed by atoms with Crippen molar-refractivity contribution < 1.29 is 9.47 Å². The van der Waals surface area contributed by atoms with Gasteiger partial charge in [-0.05, 0) is 15.9 Å². The lowest BCUT2D eigenvalue weighted by Crippen LogP contribution is -2.26. The van der Waals surface area contributed by atoms with Crippen LogP contribution in [0.15, 0.2) is 29.3 Å². The van der Waals surface area contributed by atoms with E-state index in [2.05, 4.69) is 40.8 Å². The molecule has 0 aromatic carbocycles. The van der Waals surface area contributed by atoms with E-state index in [1.807, 2.05) is 0 Å². The molecule has 0 radical (unpaired) electrons. The first-order valence-electron chi connectivity index (χ1n) is 6.50. The summed E-state index contributed by atoms with van der Waals surface area (Å²) >= 11 is 3.33. The van der Waals surface area contributed by atoms with Crippen molar-refractivity contribution in [2.45, 2.75) is 12.5 Å². The first kappa shape index (κ1) is 14.0. The Hall–Kier alpha value is -1.96. The lowest BCUT2D eigenvalue weighted by Gasteiger charge is -2.16. The van der Waals surface area contributed by atoms with E-state index in [-0.39, 0.29) is 6.10 Å². The Kier molecular flexibility index (Phi) is 4.14. The molecule has 3 heterocycles. The summed E-state index contributed by atoms with van der Waals surface area (Å²) in [6.07, 6.45) is 7.58. The highest BCUT2D eigenvalue weighted by Crippen LogP contribution is 2.20. The highest BCUT2D eigenvalue weighted by atomic mass is 79.9. The molecule has 0 saturated carbocycles. The van der Waals surface area contributed by atoms with Crippen molar-refractivity contribution in [3.05, 3.63) is 29.3 Å². The van der Waals surface area contributed by atoms with Crippen LogP contribution in [0.4, 0.5) is 5.95 Å². The van der Waals surface area contributed by atoms with Crippen molar-refractivity contribution in [2.24, 2.45) is 0 Å². The molecule has 2 aromatic heterocycles. The maximum atomic E-state index is 5.77. The summed E-state index contributed by atoms with van der Waals surface area (Å²) in [6.45, 7) is 1.57. The van der Waals surface area contributed by atoms with Gasteiger partial charge >= 0.3 is 6.01 Å². The Morgan fingerprint density at radius 2 is 1.86 bits per heavy atom. The normalized spacial score (nSPS) is 17.8. The zero-order valence-corrected chi connectivity index (χ0v) is 13.0. The van der Waals surface area contributed by atoms with Crippen molar-refractivity contribution in [1.29, 1.82) is 0 Å². The monoisotopic (exact) mass is 351 g/mol. The second kappa shape index (κ2) is 6.21. The summed E-state index contributed by atoms with van der Waals surface area (Å²) in [4.78, 5) is 18.9. The molecule has 3 rings (SSSR count). The molecule has 0 spiro atoms. The molecule has 1 unspecified atom stereocenters. The third-order valence-corrected chi connectivity index (χ3v) is 3.56. The molecule has 2 aromatic rings. The first-order valence-corrected chi connectivity index (χ1v) is 7.29. The minimum atomic E-state index is 0.0330. The van der Waals surface area contributed by atoms with E-state index in [0.717, 1.165) is 24.0 Å². The smallest absolute Gasteiger partial charge is 0.316 e.